The molecule has 162 valence electrons. The van der Waals surface area contributed by atoms with E-state index in [1.807, 2.05) is 6.07 Å². The van der Waals surface area contributed by atoms with Crippen molar-refractivity contribution in [3.8, 4) is 5.75 Å². The number of hydrogen-bond acceptors (Lipinski definition) is 8. The second-order valence-corrected chi connectivity index (χ2v) is 8.03. The monoisotopic (exact) mass is 449 g/mol. The summed E-state index contributed by atoms with van der Waals surface area (Å²) in [5.74, 6) is -0.639. The van der Waals surface area contributed by atoms with Crippen LogP contribution in [-0.4, -0.2) is 28.6 Å². The minimum atomic E-state index is -0.735. The molecule has 0 bridgehead atoms. The molecule has 8 nitrogen and oxygen atoms in total. The predicted octanol–water partition coefficient (Wildman–Crippen LogP) is 1.73. The molecule has 32 heavy (non-hydrogen) atoms. The van der Waals surface area contributed by atoms with E-state index in [-0.39, 0.29) is 11.1 Å². The van der Waals surface area contributed by atoms with Crippen molar-refractivity contribution < 1.29 is 19.1 Å². The van der Waals surface area contributed by atoms with Crippen LogP contribution >= 0.6 is 11.3 Å². The highest BCUT2D eigenvalue weighted by atomic mass is 32.1. The molecule has 1 aliphatic heterocycles. The summed E-state index contributed by atoms with van der Waals surface area (Å²) in [6, 6.07) is 9.56. The molecule has 0 saturated carbocycles. The molecule has 0 unspecified atom stereocenters. The Hall–Kier alpha value is -3.85. The minimum Gasteiger partial charge on any atom is -0.466 e. The molecule has 3 heterocycles. The summed E-state index contributed by atoms with van der Waals surface area (Å²) in [5, 5.41) is 0. The Kier molecular flexibility index (Phi) is 5.83. The number of fused-ring (bicyclic) bond motifs is 1. The van der Waals surface area contributed by atoms with Crippen molar-refractivity contribution in [2.75, 3.05) is 7.11 Å². The van der Waals surface area contributed by atoms with Gasteiger partial charge in [0.25, 0.3) is 5.56 Å². The van der Waals surface area contributed by atoms with Crippen molar-refractivity contribution in [3.63, 3.8) is 0 Å². The van der Waals surface area contributed by atoms with E-state index < -0.39 is 18.0 Å². The topological polar surface area (TPSA) is 99.9 Å². The Morgan fingerprint density at radius 1 is 1.19 bits per heavy atom. The van der Waals surface area contributed by atoms with Crippen LogP contribution in [-0.2, 0) is 14.3 Å². The van der Waals surface area contributed by atoms with Gasteiger partial charge in [-0.1, -0.05) is 29.5 Å². The van der Waals surface area contributed by atoms with E-state index in [1.54, 1.807) is 55.7 Å². The fourth-order valence-corrected chi connectivity index (χ4v) is 4.55. The zero-order chi connectivity index (χ0) is 22.8. The summed E-state index contributed by atoms with van der Waals surface area (Å²) >= 11 is 1.24. The van der Waals surface area contributed by atoms with Crippen molar-refractivity contribution in [1.82, 2.24) is 9.55 Å². The van der Waals surface area contributed by atoms with Gasteiger partial charge in [0.15, 0.2) is 4.80 Å². The van der Waals surface area contributed by atoms with Gasteiger partial charge in [-0.25, -0.2) is 9.79 Å². The number of hydrogen-bond donors (Lipinski definition) is 0. The molecule has 1 aliphatic rings. The number of aromatic nitrogens is 2. The van der Waals surface area contributed by atoms with Gasteiger partial charge in [0.1, 0.15) is 5.75 Å². The van der Waals surface area contributed by atoms with Gasteiger partial charge in [0, 0.05) is 19.3 Å². The van der Waals surface area contributed by atoms with Gasteiger partial charge < -0.3 is 9.47 Å². The van der Waals surface area contributed by atoms with Gasteiger partial charge in [0.05, 0.1) is 29.0 Å². The van der Waals surface area contributed by atoms with E-state index in [9.17, 15) is 14.4 Å². The van der Waals surface area contributed by atoms with E-state index in [0.29, 0.717) is 26.3 Å². The van der Waals surface area contributed by atoms with Crippen molar-refractivity contribution in [3.05, 3.63) is 90.9 Å². The van der Waals surface area contributed by atoms with Crippen LogP contribution in [0.25, 0.3) is 6.08 Å². The number of benzene rings is 1. The maximum atomic E-state index is 13.4. The average molecular weight is 449 g/mol. The quantitative estimate of drug-likeness (QED) is 0.444. The Morgan fingerprint density at radius 2 is 1.94 bits per heavy atom. The highest BCUT2D eigenvalue weighted by molar-refractivity contribution is 7.07. The Balaban J connectivity index is 1.91. The number of nitrogens with zero attached hydrogens (tertiary/aromatic N) is 3. The SMILES string of the molecule is COC(=O)C1=C(C)N=c2s/c(=C/c3cccnc3)c(=O)n2[C@@H]1c1ccc(OC(C)=O)cc1. The predicted molar refractivity (Wildman–Crippen MR) is 118 cm³/mol. The number of carbonyl (C=O) groups is 2. The highest BCUT2D eigenvalue weighted by Crippen LogP contribution is 2.31. The maximum absolute atomic E-state index is 13.4. The van der Waals surface area contributed by atoms with E-state index in [2.05, 4.69) is 9.98 Å². The summed E-state index contributed by atoms with van der Waals surface area (Å²) < 4.78 is 12.1. The first kappa shape index (κ1) is 21.4. The zero-order valence-corrected chi connectivity index (χ0v) is 18.4. The summed E-state index contributed by atoms with van der Waals surface area (Å²) in [7, 11) is 1.29. The van der Waals surface area contributed by atoms with Crippen molar-refractivity contribution >= 4 is 29.4 Å². The van der Waals surface area contributed by atoms with Crippen LogP contribution in [0.15, 0.2) is 69.8 Å². The molecule has 0 fully saturated rings. The number of methoxy groups -OCH3 is 1. The molecule has 0 saturated heterocycles. The van der Waals surface area contributed by atoms with Crippen LogP contribution in [0.1, 0.15) is 31.0 Å². The highest BCUT2D eigenvalue weighted by Gasteiger charge is 2.33. The van der Waals surface area contributed by atoms with E-state index in [4.69, 9.17) is 9.47 Å². The van der Waals surface area contributed by atoms with Crippen LogP contribution in [0.5, 0.6) is 5.75 Å². The second kappa shape index (κ2) is 8.72. The van der Waals surface area contributed by atoms with Crippen LogP contribution in [0.2, 0.25) is 0 Å². The van der Waals surface area contributed by atoms with Gasteiger partial charge in [-0.15, -0.1) is 0 Å². The Morgan fingerprint density at radius 3 is 2.56 bits per heavy atom. The summed E-state index contributed by atoms with van der Waals surface area (Å²) in [6.07, 6.45) is 5.06. The lowest BCUT2D eigenvalue weighted by Gasteiger charge is -2.24. The number of thiazole rings is 1. The molecule has 4 rings (SSSR count). The maximum Gasteiger partial charge on any atom is 0.338 e. The molecule has 3 aromatic rings. The number of rotatable bonds is 4. The number of esters is 2. The standard InChI is InChI=1S/C23H19N3O5S/c1-13-19(22(29)30-3)20(16-6-8-17(9-7-16)31-14(2)27)26-21(28)18(32-23(26)25-13)11-15-5-4-10-24-12-15/h4-12,20H,1-3H3/b18-11+/t20-/m1/s1. The number of pyridine rings is 1. The second-order valence-electron chi connectivity index (χ2n) is 7.02. The van der Waals surface area contributed by atoms with Gasteiger partial charge >= 0.3 is 11.9 Å². The number of allylic oxidation sites excluding steroid dienone is 1. The molecule has 2 aromatic heterocycles. The van der Waals surface area contributed by atoms with Crippen LogP contribution < -0.4 is 19.6 Å². The normalized spacial score (nSPS) is 15.7. The van der Waals surface area contributed by atoms with Gasteiger partial charge in [-0.05, 0) is 42.3 Å². The third-order valence-corrected chi connectivity index (χ3v) is 5.85. The van der Waals surface area contributed by atoms with Gasteiger partial charge in [0.2, 0.25) is 0 Å². The first-order valence-electron chi connectivity index (χ1n) is 9.68. The van der Waals surface area contributed by atoms with Crippen molar-refractivity contribution in [2.24, 2.45) is 4.99 Å². The molecule has 1 aromatic carbocycles. The Labute approximate surface area is 186 Å². The average Bonchev–Trinajstić information content (AvgIpc) is 3.07. The lowest BCUT2D eigenvalue weighted by Crippen LogP contribution is -2.39. The van der Waals surface area contributed by atoms with Crippen molar-refractivity contribution in [2.45, 2.75) is 19.9 Å². The molecule has 0 radical (unpaired) electrons. The fourth-order valence-electron chi connectivity index (χ4n) is 3.50. The third kappa shape index (κ3) is 4.02. The third-order valence-electron chi connectivity index (χ3n) is 4.87. The molecule has 1 atom stereocenters. The van der Waals surface area contributed by atoms with E-state index >= 15 is 0 Å². The fraction of sp³-hybridized carbons (Fsp3) is 0.174. The van der Waals surface area contributed by atoms with Crippen LogP contribution in [0, 0.1) is 0 Å². The molecule has 0 amide bonds. The van der Waals surface area contributed by atoms with E-state index in [1.165, 1.54) is 29.9 Å². The lowest BCUT2D eigenvalue weighted by molar-refractivity contribution is -0.136. The molecule has 0 spiro atoms. The van der Waals surface area contributed by atoms with E-state index in [0.717, 1.165) is 5.56 Å². The molecular formula is C23H19N3O5S. The van der Waals surface area contributed by atoms with Gasteiger partial charge in [-0.2, -0.15) is 0 Å². The summed E-state index contributed by atoms with van der Waals surface area (Å²) in [4.78, 5) is 46.3. The zero-order valence-electron chi connectivity index (χ0n) is 17.6. The summed E-state index contributed by atoms with van der Waals surface area (Å²) in [6.45, 7) is 3.03. The number of carbonyl (C=O) groups excluding carboxylic acids is 2. The summed E-state index contributed by atoms with van der Waals surface area (Å²) in [5.41, 5.74) is 1.90. The van der Waals surface area contributed by atoms with Crippen LogP contribution in [0.4, 0.5) is 0 Å². The smallest absolute Gasteiger partial charge is 0.338 e. The van der Waals surface area contributed by atoms with Gasteiger partial charge in [-0.3, -0.25) is 19.1 Å². The lowest BCUT2D eigenvalue weighted by atomic mass is 9.96. The molecule has 0 aliphatic carbocycles. The largest absolute Gasteiger partial charge is 0.466 e. The molecule has 0 N–H and O–H groups in total. The number of ether oxygens (including phenoxy) is 2. The first-order chi connectivity index (χ1) is 15.4. The first-order valence-corrected chi connectivity index (χ1v) is 10.5. The van der Waals surface area contributed by atoms with Crippen molar-refractivity contribution in [1.29, 1.82) is 0 Å². The molecule has 9 heteroatoms. The van der Waals surface area contributed by atoms with Crippen LogP contribution in [0.3, 0.4) is 0 Å². The minimum absolute atomic E-state index is 0.271. The Bertz CT molecular complexity index is 1400. The molecular weight excluding hydrogens is 430 g/mol.